The van der Waals surface area contributed by atoms with Crippen molar-refractivity contribution >= 4 is 23.2 Å². The fraction of sp³-hybridized carbons (Fsp3) is 0.391. The molecule has 9 heteroatoms. The highest BCUT2D eigenvalue weighted by atomic mass is 16.5. The number of amides is 2. The first-order valence-corrected chi connectivity index (χ1v) is 10.5. The Kier molecular flexibility index (Phi) is 6.77. The quantitative estimate of drug-likeness (QED) is 0.703. The van der Waals surface area contributed by atoms with E-state index in [-0.39, 0.29) is 18.4 Å². The van der Waals surface area contributed by atoms with E-state index in [9.17, 15) is 9.59 Å². The molecule has 0 aliphatic carbocycles. The van der Waals surface area contributed by atoms with E-state index in [0.29, 0.717) is 53.9 Å². The van der Waals surface area contributed by atoms with Crippen LogP contribution in [0.2, 0.25) is 0 Å². The maximum absolute atomic E-state index is 12.8. The van der Waals surface area contributed by atoms with Crippen LogP contribution in [0.15, 0.2) is 36.4 Å². The SMILES string of the molecule is COc1cc(OC)cc(C(=O)Nc2ccc3c(c2)N(CCN2CCOCC2)C(=O)CO3)c1. The predicted molar refractivity (Wildman–Crippen MR) is 119 cm³/mol. The summed E-state index contributed by atoms with van der Waals surface area (Å²) in [5.41, 5.74) is 1.61. The van der Waals surface area contributed by atoms with Crippen molar-refractivity contribution in [2.75, 3.05) is 70.4 Å². The molecule has 4 rings (SSSR count). The van der Waals surface area contributed by atoms with Crippen molar-refractivity contribution in [2.24, 2.45) is 0 Å². The van der Waals surface area contributed by atoms with E-state index in [1.54, 1.807) is 41.3 Å². The molecular weight excluding hydrogens is 414 g/mol. The number of fused-ring (bicyclic) bond motifs is 1. The van der Waals surface area contributed by atoms with Crippen LogP contribution in [0.5, 0.6) is 17.2 Å². The Hall–Kier alpha value is -3.30. The fourth-order valence-corrected chi connectivity index (χ4v) is 3.73. The minimum absolute atomic E-state index is 0.00538. The summed E-state index contributed by atoms with van der Waals surface area (Å²) < 4.78 is 21.5. The van der Waals surface area contributed by atoms with E-state index in [2.05, 4.69) is 10.2 Å². The van der Waals surface area contributed by atoms with Gasteiger partial charge < -0.3 is 29.2 Å². The summed E-state index contributed by atoms with van der Waals surface area (Å²) in [7, 11) is 3.06. The Morgan fingerprint density at radius 2 is 1.75 bits per heavy atom. The van der Waals surface area contributed by atoms with Gasteiger partial charge in [0.05, 0.1) is 33.1 Å². The van der Waals surface area contributed by atoms with Crippen LogP contribution in [0.3, 0.4) is 0 Å². The van der Waals surface area contributed by atoms with Crippen molar-refractivity contribution in [1.29, 1.82) is 0 Å². The molecule has 2 aliphatic heterocycles. The summed E-state index contributed by atoms with van der Waals surface area (Å²) in [6, 6.07) is 10.3. The molecule has 9 nitrogen and oxygen atoms in total. The second-order valence-corrected chi connectivity index (χ2v) is 7.53. The maximum Gasteiger partial charge on any atom is 0.265 e. The van der Waals surface area contributed by atoms with Crippen molar-refractivity contribution in [3.05, 3.63) is 42.0 Å². The lowest BCUT2D eigenvalue weighted by Crippen LogP contribution is -2.45. The Balaban J connectivity index is 1.51. The first kappa shape index (κ1) is 21.9. The van der Waals surface area contributed by atoms with Crippen LogP contribution >= 0.6 is 0 Å². The Labute approximate surface area is 186 Å². The van der Waals surface area contributed by atoms with Gasteiger partial charge in [0.1, 0.15) is 17.2 Å². The highest BCUT2D eigenvalue weighted by Gasteiger charge is 2.27. The van der Waals surface area contributed by atoms with Gasteiger partial charge in [0.25, 0.3) is 11.8 Å². The second kappa shape index (κ2) is 9.88. The number of benzene rings is 2. The average Bonchev–Trinajstić information content (AvgIpc) is 2.83. The van der Waals surface area contributed by atoms with Gasteiger partial charge in [-0.1, -0.05) is 0 Å². The number of nitrogens with one attached hydrogen (secondary N) is 1. The van der Waals surface area contributed by atoms with E-state index in [0.717, 1.165) is 19.6 Å². The summed E-state index contributed by atoms with van der Waals surface area (Å²) in [5, 5.41) is 2.88. The molecule has 2 aromatic rings. The van der Waals surface area contributed by atoms with Gasteiger partial charge in [0, 0.05) is 43.5 Å². The van der Waals surface area contributed by atoms with Crippen LogP contribution in [0, 0.1) is 0 Å². The lowest BCUT2D eigenvalue weighted by atomic mass is 10.1. The first-order valence-electron chi connectivity index (χ1n) is 10.5. The number of carbonyl (C=O) groups excluding carboxylic acids is 2. The van der Waals surface area contributed by atoms with Crippen molar-refractivity contribution in [1.82, 2.24) is 4.90 Å². The molecule has 2 amide bonds. The number of ether oxygens (including phenoxy) is 4. The van der Waals surface area contributed by atoms with Crippen LogP contribution in [0.1, 0.15) is 10.4 Å². The molecular formula is C23H27N3O6. The zero-order chi connectivity index (χ0) is 22.5. The lowest BCUT2D eigenvalue weighted by molar-refractivity contribution is -0.121. The Morgan fingerprint density at radius 3 is 2.44 bits per heavy atom. The Morgan fingerprint density at radius 1 is 1.03 bits per heavy atom. The third-order valence-corrected chi connectivity index (χ3v) is 5.52. The van der Waals surface area contributed by atoms with Gasteiger partial charge >= 0.3 is 0 Å². The monoisotopic (exact) mass is 441 g/mol. The summed E-state index contributed by atoms with van der Waals surface area (Å²) in [4.78, 5) is 29.4. The van der Waals surface area contributed by atoms with Gasteiger partial charge in [-0.05, 0) is 30.3 Å². The van der Waals surface area contributed by atoms with Crippen LogP contribution < -0.4 is 24.4 Å². The molecule has 2 aliphatic rings. The average molecular weight is 441 g/mol. The molecule has 32 heavy (non-hydrogen) atoms. The van der Waals surface area contributed by atoms with Crippen molar-refractivity contribution < 1.29 is 28.5 Å². The van der Waals surface area contributed by atoms with E-state index in [1.807, 2.05) is 0 Å². The summed E-state index contributed by atoms with van der Waals surface area (Å²) in [5.74, 6) is 1.24. The van der Waals surface area contributed by atoms with E-state index in [1.165, 1.54) is 14.2 Å². The summed E-state index contributed by atoms with van der Waals surface area (Å²) in [6.07, 6.45) is 0. The van der Waals surface area contributed by atoms with E-state index >= 15 is 0 Å². The largest absolute Gasteiger partial charge is 0.497 e. The first-order chi connectivity index (χ1) is 15.6. The molecule has 1 N–H and O–H groups in total. The number of morpholine rings is 1. The molecule has 0 bridgehead atoms. The molecule has 0 aromatic heterocycles. The fourth-order valence-electron chi connectivity index (χ4n) is 3.73. The maximum atomic E-state index is 12.8. The molecule has 0 atom stereocenters. The molecule has 0 saturated carbocycles. The highest BCUT2D eigenvalue weighted by molar-refractivity contribution is 6.06. The molecule has 170 valence electrons. The van der Waals surface area contributed by atoms with E-state index < -0.39 is 0 Å². The van der Waals surface area contributed by atoms with Crippen LogP contribution in [-0.2, 0) is 9.53 Å². The van der Waals surface area contributed by atoms with Gasteiger partial charge in [0.15, 0.2) is 6.61 Å². The van der Waals surface area contributed by atoms with Crippen molar-refractivity contribution in [3.63, 3.8) is 0 Å². The lowest BCUT2D eigenvalue weighted by Gasteiger charge is -2.33. The summed E-state index contributed by atoms with van der Waals surface area (Å²) in [6.45, 7) is 4.41. The highest BCUT2D eigenvalue weighted by Crippen LogP contribution is 2.35. The number of anilines is 2. The summed E-state index contributed by atoms with van der Waals surface area (Å²) >= 11 is 0. The van der Waals surface area contributed by atoms with Gasteiger partial charge in [0.2, 0.25) is 0 Å². The third kappa shape index (κ3) is 4.95. The molecule has 1 fully saturated rings. The molecule has 0 radical (unpaired) electrons. The van der Waals surface area contributed by atoms with Gasteiger partial charge in [-0.2, -0.15) is 0 Å². The zero-order valence-corrected chi connectivity index (χ0v) is 18.3. The number of carbonyl (C=O) groups is 2. The number of hydrogen-bond donors (Lipinski definition) is 1. The zero-order valence-electron chi connectivity index (χ0n) is 18.3. The van der Waals surface area contributed by atoms with Crippen LogP contribution in [0.25, 0.3) is 0 Å². The standard InChI is InChI=1S/C23H27N3O6/c1-29-18-11-16(12-19(14-18)30-2)23(28)24-17-3-4-21-20(13-17)26(22(27)15-32-21)6-5-25-7-9-31-10-8-25/h3-4,11-14H,5-10,15H2,1-2H3,(H,24,28). The Bertz CT molecular complexity index is 967. The minimum Gasteiger partial charge on any atom is -0.497 e. The van der Waals surface area contributed by atoms with Gasteiger partial charge in [-0.15, -0.1) is 0 Å². The predicted octanol–water partition coefficient (Wildman–Crippen LogP) is 2.01. The van der Waals surface area contributed by atoms with Crippen LogP contribution in [-0.4, -0.2) is 76.9 Å². The van der Waals surface area contributed by atoms with Crippen molar-refractivity contribution in [2.45, 2.75) is 0 Å². The molecule has 2 heterocycles. The number of hydrogen-bond acceptors (Lipinski definition) is 7. The minimum atomic E-state index is -0.315. The van der Waals surface area contributed by atoms with Gasteiger partial charge in [-0.25, -0.2) is 0 Å². The smallest absolute Gasteiger partial charge is 0.265 e. The topological polar surface area (TPSA) is 89.6 Å². The normalized spacial score (nSPS) is 16.2. The van der Waals surface area contributed by atoms with E-state index in [4.69, 9.17) is 18.9 Å². The molecule has 0 spiro atoms. The molecule has 1 saturated heterocycles. The third-order valence-electron chi connectivity index (χ3n) is 5.52. The number of methoxy groups -OCH3 is 2. The van der Waals surface area contributed by atoms with Gasteiger partial charge in [-0.3, -0.25) is 14.5 Å². The number of nitrogens with zero attached hydrogens (tertiary/aromatic N) is 2. The molecule has 0 unspecified atom stereocenters. The van der Waals surface area contributed by atoms with Crippen molar-refractivity contribution in [3.8, 4) is 17.2 Å². The molecule has 2 aromatic carbocycles. The van der Waals surface area contributed by atoms with Crippen LogP contribution in [0.4, 0.5) is 11.4 Å². The second-order valence-electron chi connectivity index (χ2n) is 7.53. The number of rotatable bonds is 7.